The highest BCUT2D eigenvalue weighted by molar-refractivity contribution is 5.76. The molecule has 16 heavy (non-hydrogen) atoms. The molecule has 1 aliphatic carbocycles. The van der Waals surface area contributed by atoms with E-state index in [-0.39, 0.29) is 11.9 Å². The molecule has 1 fully saturated rings. The van der Waals surface area contributed by atoms with Crippen molar-refractivity contribution >= 4 is 5.91 Å². The Bertz CT molecular complexity index is 208. The molecular weight excluding hydrogens is 200 g/mol. The monoisotopic (exact) mass is 226 g/mol. The van der Waals surface area contributed by atoms with Gasteiger partial charge >= 0.3 is 0 Å². The molecule has 1 unspecified atom stereocenters. The molecule has 3 heteroatoms. The smallest absolute Gasteiger partial charge is 0.222 e. The van der Waals surface area contributed by atoms with Gasteiger partial charge in [-0.2, -0.15) is 0 Å². The van der Waals surface area contributed by atoms with Crippen LogP contribution in [0.3, 0.4) is 0 Å². The fourth-order valence-electron chi connectivity index (χ4n) is 2.50. The van der Waals surface area contributed by atoms with E-state index in [0.29, 0.717) is 12.5 Å². The molecule has 0 saturated heterocycles. The second-order valence-electron chi connectivity index (χ2n) is 5.31. The average Bonchev–Trinajstić information content (AvgIpc) is 2.45. The molecule has 0 bridgehead atoms. The number of nitrogens with zero attached hydrogens (tertiary/aromatic N) is 1. The molecular formula is C13H26N2O. The van der Waals surface area contributed by atoms with Crippen molar-refractivity contribution in [2.45, 2.75) is 57.9 Å². The highest BCUT2D eigenvalue weighted by Gasteiger charge is 2.18. The molecule has 2 N–H and O–H groups in total. The maximum atomic E-state index is 11.9. The predicted molar refractivity (Wildman–Crippen MR) is 67.1 cm³/mol. The number of carbonyl (C=O) groups excluding carboxylic acids is 1. The van der Waals surface area contributed by atoms with Gasteiger partial charge in [0.15, 0.2) is 0 Å². The Morgan fingerprint density at radius 3 is 2.38 bits per heavy atom. The Morgan fingerprint density at radius 2 is 1.88 bits per heavy atom. The molecule has 1 amide bonds. The number of nitrogens with two attached hydrogens (primary N) is 1. The number of rotatable bonds is 4. The molecule has 1 saturated carbocycles. The van der Waals surface area contributed by atoms with Gasteiger partial charge in [0.1, 0.15) is 0 Å². The van der Waals surface area contributed by atoms with Crippen molar-refractivity contribution in [3.63, 3.8) is 0 Å². The Labute approximate surface area is 99.4 Å². The van der Waals surface area contributed by atoms with Gasteiger partial charge in [0.05, 0.1) is 0 Å². The lowest BCUT2D eigenvalue weighted by Gasteiger charge is -2.22. The quantitative estimate of drug-likeness (QED) is 0.747. The fourth-order valence-corrected chi connectivity index (χ4v) is 2.50. The molecule has 0 aromatic rings. The minimum atomic E-state index is 0.0723. The molecule has 0 spiro atoms. The van der Waals surface area contributed by atoms with E-state index in [2.05, 4.69) is 0 Å². The summed E-state index contributed by atoms with van der Waals surface area (Å²) in [6, 6.07) is 0.0723. The van der Waals surface area contributed by atoms with Crippen LogP contribution >= 0.6 is 0 Å². The molecule has 1 rings (SSSR count). The lowest BCUT2D eigenvalue weighted by Crippen LogP contribution is -2.37. The van der Waals surface area contributed by atoms with E-state index in [9.17, 15) is 4.79 Å². The summed E-state index contributed by atoms with van der Waals surface area (Å²) in [4.78, 5) is 13.7. The first-order chi connectivity index (χ1) is 7.59. The lowest BCUT2D eigenvalue weighted by molar-refractivity contribution is -0.131. The zero-order valence-electron chi connectivity index (χ0n) is 10.7. The first-order valence-electron chi connectivity index (χ1n) is 6.59. The maximum Gasteiger partial charge on any atom is 0.222 e. The highest BCUT2D eigenvalue weighted by Crippen LogP contribution is 2.25. The van der Waals surface area contributed by atoms with Crippen LogP contribution < -0.4 is 5.73 Å². The van der Waals surface area contributed by atoms with E-state index in [1.807, 2.05) is 14.0 Å². The molecule has 0 aromatic heterocycles. The number of amides is 1. The maximum absolute atomic E-state index is 11.9. The third kappa shape index (κ3) is 4.97. The van der Waals surface area contributed by atoms with E-state index in [4.69, 9.17) is 5.73 Å². The summed E-state index contributed by atoms with van der Waals surface area (Å²) in [5.74, 6) is 0.884. The summed E-state index contributed by atoms with van der Waals surface area (Å²) in [6.07, 6.45) is 8.49. The van der Waals surface area contributed by atoms with E-state index in [0.717, 1.165) is 6.42 Å². The minimum absolute atomic E-state index is 0.0723. The second-order valence-corrected chi connectivity index (χ2v) is 5.31. The van der Waals surface area contributed by atoms with Crippen molar-refractivity contribution in [2.75, 3.05) is 13.6 Å². The average molecular weight is 226 g/mol. The SMILES string of the molecule is CC(N)CN(C)C(=O)CC1CCCCCC1. The van der Waals surface area contributed by atoms with Crippen LogP contribution in [0.5, 0.6) is 0 Å². The third-order valence-corrected chi connectivity index (χ3v) is 3.43. The van der Waals surface area contributed by atoms with Crippen LogP contribution in [0, 0.1) is 5.92 Å². The molecule has 3 nitrogen and oxygen atoms in total. The van der Waals surface area contributed by atoms with Crippen LogP contribution in [0.25, 0.3) is 0 Å². The summed E-state index contributed by atoms with van der Waals surface area (Å²) < 4.78 is 0. The number of hydrogen-bond donors (Lipinski definition) is 1. The van der Waals surface area contributed by atoms with Gasteiger partial charge in [-0.3, -0.25) is 4.79 Å². The lowest BCUT2D eigenvalue weighted by atomic mass is 9.96. The van der Waals surface area contributed by atoms with E-state index in [1.165, 1.54) is 38.5 Å². The fraction of sp³-hybridized carbons (Fsp3) is 0.923. The van der Waals surface area contributed by atoms with Crippen molar-refractivity contribution in [3.05, 3.63) is 0 Å². The Balaban J connectivity index is 2.31. The van der Waals surface area contributed by atoms with Crippen molar-refractivity contribution in [1.82, 2.24) is 4.90 Å². The van der Waals surface area contributed by atoms with Crippen LogP contribution in [0.1, 0.15) is 51.9 Å². The van der Waals surface area contributed by atoms with Gasteiger partial charge < -0.3 is 10.6 Å². The largest absolute Gasteiger partial charge is 0.344 e. The standard InChI is InChI=1S/C13H26N2O/c1-11(14)10-15(2)13(16)9-12-7-5-3-4-6-8-12/h11-12H,3-10,14H2,1-2H3. The first-order valence-corrected chi connectivity index (χ1v) is 6.59. The van der Waals surface area contributed by atoms with Gasteiger partial charge in [-0.25, -0.2) is 0 Å². The topological polar surface area (TPSA) is 46.3 Å². The molecule has 0 radical (unpaired) electrons. The Kier molecular flexibility index (Phi) is 5.81. The number of carbonyl (C=O) groups is 1. The van der Waals surface area contributed by atoms with Crippen LogP contribution in [0.4, 0.5) is 0 Å². The van der Waals surface area contributed by atoms with Crippen molar-refractivity contribution in [2.24, 2.45) is 11.7 Å². The van der Waals surface area contributed by atoms with Crippen LogP contribution in [0.15, 0.2) is 0 Å². The molecule has 0 aliphatic heterocycles. The van der Waals surface area contributed by atoms with E-state index >= 15 is 0 Å². The highest BCUT2D eigenvalue weighted by atomic mass is 16.2. The molecule has 94 valence electrons. The number of hydrogen-bond acceptors (Lipinski definition) is 2. The van der Waals surface area contributed by atoms with Gasteiger partial charge in [-0.15, -0.1) is 0 Å². The summed E-state index contributed by atoms with van der Waals surface area (Å²) in [6.45, 7) is 2.61. The van der Waals surface area contributed by atoms with Crippen molar-refractivity contribution in [1.29, 1.82) is 0 Å². The normalized spacial score (nSPS) is 20.2. The van der Waals surface area contributed by atoms with Gasteiger partial charge in [0, 0.05) is 26.1 Å². The zero-order valence-corrected chi connectivity index (χ0v) is 10.7. The Morgan fingerprint density at radius 1 is 1.31 bits per heavy atom. The van der Waals surface area contributed by atoms with Gasteiger partial charge in [-0.05, 0) is 25.7 Å². The van der Waals surface area contributed by atoms with Crippen molar-refractivity contribution < 1.29 is 4.79 Å². The first kappa shape index (κ1) is 13.5. The predicted octanol–water partition coefficient (Wildman–Crippen LogP) is 2.15. The summed E-state index contributed by atoms with van der Waals surface area (Å²) >= 11 is 0. The van der Waals surface area contributed by atoms with Gasteiger partial charge in [0.2, 0.25) is 5.91 Å². The molecule has 1 atom stereocenters. The summed E-state index contributed by atoms with van der Waals surface area (Å²) in [5, 5.41) is 0. The number of likely N-dealkylation sites (N-methyl/N-ethyl adjacent to an activating group) is 1. The minimum Gasteiger partial charge on any atom is -0.344 e. The van der Waals surface area contributed by atoms with Crippen molar-refractivity contribution in [3.8, 4) is 0 Å². The van der Waals surface area contributed by atoms with Crippen LogP contribution in [-0.2, 0) is 4.79 Å². The molecule has 0 aromatic carbocycles. The van der Waals surface area contributed by atoms with Crippen LogP contribution in [-0.4, -0.2) is 30.4 Å². The summed E-state index contributed by atoms with van der Waals surface area (Å²) in [5.41, 5.74) is 5.70. The van der Waals surface area contributed by atoms with Crippen LogP contribution in [0.2, 0.25) is 0 Å². The summed E-state index contributed by atoms with van der Waals surface area (Å²) in [7, 11) is 1.86. The molecule has 1 aliphatic rings. The molecule has 0 heterocycles. The second kappa shape index (κ2) is 6.89. The van der Waals surface area contributed by atoms with E-state index < -0.39 is 0 Å². The van der Waals surface area contributed by atoms with E-state index in [1.54, 1.807) is 4.90 Å². The third-order valence-electron chi connectivity index (χ3n) is 3.43. The zero-order chi connectivity index (χ0) is 12.0. The Hall–Kier alpha value is -0.570. The van der Waals surface area contributed by atoms with Gasteiger partial charge in [0.25, 0.3) is 0 Å². The van der Waals surface area contributed by atoms with Gasteiger partial charge in [-0.1, -0.05) is 25.7 Å².